The van der Waals surface area contributed by atoms with Crippen LogP contribution in [0.1, 0.15) is 55.0 Å². The van der Waals surface area contributed by atoms with Crippen LogP contribution in [0.5, 0.6) is 0 Å². The number of benzene rings is 1. The van der Waals surface area contributed by atoms with Crippen LogP contribution in [0, 0.1) is 11.8 Å². The topological polar surface area (TPSA) is 71.8 Å². The SMILES string of the molecule is FC(F)(F)c1cccc(C2CCCCn3nc(NC4[C@@H]5CC[C@H]4CN(c4cnnc(Cl)c4)C5)nc32)c1. The Morgan fingerprint density at radius 1 is 1.03 bits per heavy atom. The summed E-state index contributed by atoms with van der Waals surface area (Å²) in [6, 6.07) is 7.75. The van der Waals surface area contributed by atoms with E-state index in [0.29, 0.717) is 28.5 Å². The summed E-state index contributed by atoms with van der Waals surface area (Å²) in [7, 11) is 0. The van der Waals surface area contributed by atoms with E-state index >= 15 is 0 Å². The monoisotopic (exact) mass is 517 g/mol. The minimum atomic E-state index is -4.37. The van der Waals surface area contributed by atoms with E-state index in [1.165, 1.54) is 12.1 Å². The molecular formula is C25H27ClF3N7. The molecule has 7 nitrogen and oxygen atoms in total. The van der Waals surface area contributed by atoms with E-state index in [1.807, 2.05) is 10.7 Å². The highest BCUT2D eigenvalue weighted by molar-refractivity contribution is 6.29. The van der Waals surface area contributed by atoms with Crippen LogP contribution in [0.15, 0.2) is 36.5 Å². The standard InChI is InChI=1S/C25H27ClF3N7/c26-21-11-19(12-30-33-21)35-13-16-7-8-17(14-35)22(16)31-24-32-23-20(6-1-2-9-36(23)34-24)15-4-3-5-18(10-15)25(27,28)29/h3-5,10-12,16-17,20,22H,1-2,6-9,13-14H2,(H,31,34)/t16-,17+,20?,22?. The van der Waals surface area contributed by atoms with E-state index in [4.69, 9.17) is 21.7 Å². The normalized spacial score (nSPS) is 25.9. The zero-order chi connectivity index (χ0) is 24.9. The fourth-order valence-electron chi connectivity index (χ4n) is 6.15. The number of halogens is 4. The third-order valence-corrected chi connectivity index (χ3v) is 8.03. The van der Waals surface area contributed by atoms with Crippen LogP contribution in [-0.4, -0.2) is 44.1 Å². The van der Waals surface area contributed by atoms with Crippen LogP contribution < -0.4 is 10.2 Å². The van der Waals surface area contributed by atoms with Crippen molar-refractivity contribution in [1.29, 1.82) is 0 Å². The van der Waals surface area contributed by atoms with Gasteiger partial charge in [0.05, 0.1) is 17.4 Å². The number of fused-ring (bicyclic) bond motifs is 3. The highest BCUT2D eigenvalue weighted by atomic mass is 35.5. The first-order chi connectivity index (χ1) is 17.3. The average molecular weight is 518 g/mol. The predicted molar refractivity (Wildman–Crippen MR) is 130 cm³/mol. The van der Waals surface area contributed by atoms with Crippen LogP contribution in [-0.2, 0) is 12.7 Å². The second-order valence-electron chi connectivity index (χ2n) is 10.1. The van der Waals surface area contributed by atoms with Gasteiger partial charge in [-0.1, -0.05) is 36.2 Å². The molecule has 2 aromatic heterocycles. The first-order valence-electron chi connectivity index (χ1n) is 12.5. The molecule has 0 amide bonds. The number of aromatic nitrogens is 5. The van der Waals surface area contributed by atoms with Crippen molar-refractivity contribution >= 4 is 23.2 Å². The first-order valence-corrected chi connectivity index (χ1v) is 12.8. The Balaban J connectivity index is 1.22. The molecule has 190 valence electrons. The van der Waals surface area contributed by atoms with Crippen molar-refractivity contribution in [2.45, 2.75) is 56.8 Å². The molecule has 1 saturated heterocycles. The van der Waals surface area contributed by atoms with Gasteiger partial charge in [0.25, 0.3) is 0 Å². The highest BCUT2D eigenvalue weighted by Gasteiger charge is 2.43. The summed E-state index contributed by atoms with van der Waals surface area (Å²) < 4.78 is 41.9. The number of rotatable bonds is 4. The summed E-state index contributed by atoms with van der Waals surface area (Å²) in [6.45, 7) is 2.49. The molecule has 2 aliphatic heterocycles. The second kappa shape index (κ2) is 9.21. The predicted octanol–water partition coefficient (Wildman–Crippen LogP) is 5.38. The van der Waals surface area contributed by atoms with Crippen molar-refractivity contribution in [3.8, 4) is 0 Å². The lowest BCUT2D eigenvalue weighted by Crippen LogP contribution is -2.48. The van der Waals surface area contributed by atoms with Crippen LogP contribution in [0.2, 0.25) is 5.15 Å². The maximum absolute atomic E-state index is 13.4. The Labute approximate surface area is 212 Å². The summed E-state index contributed by atoms with van der Waals surface area (Å²) in [5.74, 6) is 1.97. The summed E-state index contributed by atoms with van der Waals surface area (Å²) in [4.78, 5) is 7.17. The van der Waals surface area contributed by atoms with Gasteiger partial charge in [0.15, 0.2) is 5.15 Å². The molecule has 1 aromatic carbocycles. The van der Waals surface area contributed by atoms with Gasteiger partial charge in [-0.3, -0.25) is 0 Å². The van der Waals surface area contributed by atoms with Gasteiger partial charge in [0.1, 0.15) is 5.82 Å². The third-order valence-electron chi connectivity index (χ3n) is 7.85. The number of alkyl halides is 3. The second-order valence-corrected chi connectivity index (χ2v) is 10.5. The maximum Gasteiger partial charge on any atom is 0.416 e. The van der Waals surface area contributed by atoms with E-state index in [-0.39, 0.29) is 12.0 Å². The number of hydrogen-bond donors (Lipinski definition) is 1. The van der Waals surface area contributed by atoms with E-state index in [0.717, 1.165) is 69.3 Å². The van der Waals surface area contributed by atoms with Gasteiger partial charge < -0.3 is 10.2 Å². The minimum Gasteiger partial charge on any atom is -0.369 e. The summed E-state index contributed by atoms with van der Waals surface area (Å²) in [6.07, 6.45) is 2.22. The fraction of sp³-hybridized carbons (Fsp3) is 0.520. The van der Waals surface area contributed by atoms with Crippen LogP contribution >= 0.6 is 11.6 Å². The van der Waals surface area contributed by atoms with Crippen molar-refractivity contribution in [3.63, 3.8) is 0 Å². The third kappa shape index (κ3) is 4.51. The Bertz CT molecular complexity index is 1230. The van der Waals surface area contributed by atoms with Crippen molar-refractivity contribution in [2.24, 2.45) is 11.8 Å². The van der Waals surface area contributed by atoms with Crippen molar-refractivity contribution in [1.82, 2.24) is 25.0 Å². The van der Waals surface area contributed by atoms with E-state index in [2.05, 4.69) is 20.4 Å². The van der Waals surface area contributed by atoms with E-state index < -0.39 is 11.7 Å². The van der Waals surface area contributed by atoms with Gasteiger partial charge in [-0.25, -0.2) is 4.68 Å². The zero-order valence-corrected chi connectivity index (χ0v) is 20.4. The molecule has 4 heterocycles. The number of hydrogen-bond acceptors (Lipinski definition) is 6. The van der Waals surface area contributed by atoms with E-state index in [1.54, 1.807) is 12.3 Å². The quantitative estimate of drug-likeness (QED) is 0.501. The molecule has 4 atom stereocenters. The molecule has 1 aliphatic carbocycles. The van der Waals surface area contributed by atoms with E-state index in [9.17, 15) is 13.2 Å². The molecular weight excluding hydrogens is 491 g/mol. The van der Waals surface area contributed by atoms with Gasteiger partial charge in [-0.05, 0) is 49.1 Å². The average Bonchev–Trinajstić information content (AvgIpc) is 3.25. The fourth-order valence-corrected chi connectivity index (χ4v) is 6.30. The Morgan fingerprint density at radius 3 is 2.58 bits per heavy atom. The molecule has 2 unspecified atom stereocenters. The number of nitrogens with one attached hydrogen (secondary N) is 1. The lowest BCUT2D eigenvalue weighted by atomic mass is 9.92. The van der Waals surface area contributed by atoms with Crippen molar-refractivity contribution < 1.29 is 13.2 Å². The molecule has 2 bridgehead atoms. The summed E-state index contributed by atoms with van der Waals surface area (Å²) >= 11 is 6.05. The molecule has 36 heavy (non-hydrogen) atoms. The molecule has 1 N–H and O–H groups in total. The molecule has 1 saturated carbocycles. The lowest BCUT2D eigenvalue weighted by molar-refractivity contribution is -0.137. The van der Waals surface area contributed by atoms with Gasteiger partial charge >= 0.3 is 6.18 Å². The maximum atomic E-state index is 13.4. The van der Waals surface area contributed by atoms with Gasteiger partial charge in [0.2, 0.25) is 5.95 Å². The molecule has 3 aromatic rings. The molecule has 6 rings (SSSR count). The number of anilines is 2. The van der Waals surface area contributed by atoms with Gasteiger partial charge in [-0.15, -0.1) is 10.2 Å². The van der Waals surface area contributed by atoms with Crippen molar-refractivity contribution in [3.05, 3.63) is 58.6 Å². The number of nitrogens with zero attached hydrogens (tertiary/aromatic N) is 6. The minimum absolute atomic E-state index is 0.208. The smallest absolute Gasteiger partial charge is 0.369 e. The molecule has 3 aliphatic rings. The lowest BCUT2D eigenvalue weighted by Gasteiger charge is -2.39. The number of piperidine rings is 1. The molecule has 11 heteroatoms. The molecule has 2 fully saturated rings. The first kappa shape index (κ1) is 23.5. The zero-order valence-electron chi connectivity index (χ0n) is 19.6. The Morgan fingerprint density at radius 2 is 1.83 bits per heavy atom. The van der Waals surface area contributed by atoms with Crippen molar-refractivity contribution in [2.75, 3.05) is 23.3 Å². The molecule has 0 radical (unpaired) electrons. The summed E-state index contributed by atoms with van der Waals surface area (Å²) in [5, 5.41) is 16.6. The van der Waals surface area contributed by atoms with Crippen LogP contribution in [0.4, 0.5) is 24.8 Å². The summed E-state index contributed by atoms with van der Waals surface area (Å²) in [5.41, 5.74) is 1.01. The van der Waals surface area contributed by atoms with Crippen LogP contribution in [0.25, 0.3) is 0 Å². The Hall–Kier alpha value is -2.88. The molecule has 0 spiro atoms. The largest absolute Gasteiger partial charge is 0.416 e. The van der Waals surface area contributed by atoms with Crippen LogP contribution in [0.3, 0.4) is 0 Å². The van der Waals surface area contributed by atoms with Gasteiger partial charge in [0, 0.05) is 37.7 Å². The highest BCUT2D eigenvalue weighted by Crippen LogP contribution is 2.41. The Kier molecular flexibility index (Phi) is 6.02. The van der Waals surface area contributed by atoms with Gasteiger partial charge in [-0.2, -0.15) is 23.3 Å². The number of aryl methyl sites for hydroxylation is 1.